The highest BCUT2D eigenvalue weighted by Gasteiger charge is 2.23. The number of hydrogen-bond acceptors (Lipinski definition) is 4. The van der Waals surface area contributed by atoms with E-state index in [1.807, 2.05) is 0 Å². The standard InChI is InChI=1S/C15H17FN2O2/c16-14-4-3-11(15-13(14)2-1-5-17-15)8-18-6-7-20-10-12(18)9-19/h1-5,12,19H,6-10H2. The second kappa shape index (κ2) is 5.83. The van der Waals surface area contributed by atoms with Crippen LogP contribution in [0.15, 0.2) is 30.5 Å². The molecule has 0 amide bonds. The van der Waals surface area contributed by atoms with E-state index in [-0.39, 0.29) is 18.5 Å². The Kier molecular flexibility index (Phi) is 3.91. The van der Waals surface area contributed by atoms with E-state index in [1.54, 1.807) is 24.4 Å². The first-order chi connectivity index (χ1) is 9.79. The van der Waals surface area contributed by atoms with Gasteiger partial charge in [0, 0.05) is 24.7 Å². The Morgan fingerprint density at radius 2 is 2.30 bits per heavy atom. The minimum atomic E-state index is -0.252. The van der Waals surface area contributed by atoms with Gasteiger partial charge in [0.1, 0.15) is 5.82 Å². The number of ether oxygens (including phenoxy) is 1. The van der Waals surface area contributed by atoms with Crippen molar-refractivity contribution >= 4 is 10.9 Å². The molecule has 0 bridgehead atoms. The van der Waals surface area contributed by atoms with Crippen molar-refractivity contribution in [3.63, 3.8) is 0 Å². The molecule has 5 heteroatoms. The number of hydrogen-bond donors (Lipinski definition) is 1. The summed E-state index contributed by atoms with van der Waals surface area (Å²) in [5, 5.41) is 9.94. The summed E-state index contributed by atoms with van der Waals surface area (Å²) in [5.74, 6) is -0.252. The molecule has 3 rings (SSSR count). The first-order valence-corrected chi connectivity index (χ1v) is 6.74. The van der Waals surface area contributed by atoms with Gasteiger partial charge in [-0.05, 0) is 23.8 Å². The van der Waals surface area contributed by atoms with Crippen molar-refractivity contribution in [3.8, 4) is 0 Å². The summed E-state index contributed by atoms with van der Waals surface area (Å²) in [4.78, 5) is 6.46. The lowest BCUT2D eigenvalue weighted by molar-refractivity contribution is -0.0311. The van der Waals surface area contributed by atoms with E-state index in [2.05, 4.69) is 9.88 Å². The molecule has 1 unspecified atom stereocenters. The zero-order chi connectivity index (χ0) is 13.9. The van der Waals surface area contributed by atoms with Crippen molar-refractivity contribution in [2.45, 2.75) is 12.6 Å². The maximum Gasteiger partial charge on any atom is 0.132 e. The van der Waals surface area contributed by atoms with Gasteiger partial charge in [-0.2, -0.15) is 0 Å². The molecular weight excluding hydrogens is 259 g/mol. The molecule has 20 heavy (non-hydrogen) atoms. The van der Waals surface area contributed by atoms with E-state index in [0.29, 0.717) is 30.7 Å². The van der Waals surface area contributed by atoms with Crippen molar-refractivity contribution in [2.75, 3.05) is 26.4 Å². The van der Waals surface area contributed by atoms with Crippen molar-refractivity contribution < 1.29 is 14.2 Å². The van der Waals surface area contributed by atoms with Gasteiger partial charge in [-0.1, -0.05) is 6.07 Å². The molecule has 0 radical (unpaired) electrons. The highest BCUT2D eigenvalue weighted by molar-refractivity contribution is 5.82. The Bertz CT molecular complexity index is 605. The van der Waals surface area contributed by atoms with Gasteiger partial charge in [-0.25, -0.2) is 4.39 Å². The lowest BCUT2D eigenvalue weighted by Gasteiger charge is -2.34. The second-order valence-electron chi connectivity index (χ2n) is 4.99. The largest absolute Gasteiger partial charge is 0.395 e. The number of pyridine rings is 1. The molecule has 106 valence electrons. The van der Waals surface area contributed by atoms with Crippen LogP contribution in [-0.2, 0) is 11.3 Å². The number of aliphatic hydroxyl groups is 1. The number of rotatable bonds is 3. The van der Waals surface area contributed by atoms with Crippen LogP contribution in [0.4, 0.5) is 4.39 Å². The summed E-state index contributed by atoms with van der Waals surface area (Å²) in [6.45, 7) is 2.65. The fourth-order valence-electron chi connectivity index (χ4n) is 2.61. The molecule has 0 aliphatic carbocycles. The number of nitrogens with zero attached hydrogens (tertiary/aromatic N) is 2. The van der Waals surface area contributed by atoms with E-state index in [9.17, 15) is 9.50 Å². The molecule has 1 saturated heterocycles. The average molecular weight is 276 g/mol. The predicted molar refractivity (Wildman–Crippen MR) is 73.8 cm³/mol. The zero-order valence-electron chi connectivity index (χ0n) is 11.1. The predicted octanol–water partition coefficient (Wildman–Crippen LogP) is 1.57. The summed E-state index contributed by atoms with van der Waals surface area (Å²) >= 11 is 0. The van der Waals surface area contributed by atoms with Crippen LogP contribution in [-0.4, -0.2) is 47.4 Å². The minimum Gasteiger partial charge on any atom is -0.395 e. The molecule has 1 atom stereocenters. The first kappa shape index (κ1) is 13.4. The highest BCUT2D eigenvalue weighted by atomic mass is 19.1. The maximum absolute atomic E-state index is 13.8. The third kappa shape index (κ3) is 2.52. The van der Waals surface area contributed by atoms with Crippen LogP contribution >= 0.6 is 0 Å². The Labute approximate surface area is 116 Å². The summed E-state index contributed by atoms with van der Waals surface area (Å²) in [6.07, 6.45) is 1.67. The third-order valence-electron chi connectivity index (χ3n) is 3.73. The third-order valence-corrected chi connectivity index (χ3v) is 3.73. The Hall–Kier alpha value is -1.56. The molecule has 1 aromatic heterocycles. The fourth-order valence-corrected chi connectivity index (χ4v) is 2.61. The van der Waals surface area contributed by atoms with Gasteiger partial charge in [0.15, 0.2) is 0 Å². The van der Waals surface area contributed by atoms with Crippen molar-refractivity contribution in [3.05, 3.63) is 41.8 Å². The van der Waals surface area contributed by atoms with Gasteiger partial charge >= 0.3 is 0 Å². The molecule has 1 aliphatic heterocycles. The van der Waals surface area contributed by atoms with E-state index in [1.165, 1.54) is 6.07 Å². The molecule has 2 heterocycles. The zero-order valence-corrected chi connectivity index (χ0v) is 11.1. The first-order valence-electron chi connectivity index (χ1n) is 6.74. The van der Waals surface area contributed by atoms with E-state index in [4.69, 9.17) is 4.74 Å². The topological polar surface area (TPSA) is 45.6 Å². The van der Waals surface area contributed by atoms with E-state index < -0.39 is 0 Å². The lowest BCUT2D eigenvalue weighted by Crippen LogP contribution is -2.46. The lowest BCUT2D eigenvalue weighted by atomic mass is 10.1. The van der Waals surface area contributed by atoms with Crippen molar-refractivity contribution in [1.29, 1.82) is 0 Å². The van der Waals surface area contributed by atoms with E-state index >= 15 is 0 Å². The van der Waals surface area contributed by atoms with E-state index in [0.717, 1.165) is 12.1 Å². The number of halogens is 1. The van der Waals surface area contributed by atoms with Crippen molar-refractivity contribution in [2.24, 2.45) is 0 Å². The summed E-state index contributed by atoms with van der Waals surface area (Å²) in [6, 6.07) is 6.72. The quantitative estimate of drug-likeness (QED) is 0.924. The smallest absolute Gasteiger partial charge is 0.132 e. The number of aliphatic hydroxyl groups excluding tert-OH is 1. The monoisotopic (exact) mass is 276 g/mol. The van der Waals surface area contributed by atoms with Gasteiger partial charge in [0.2, 0.25) is 0 Å². The Morgan fingerprint density at radius 3 is 3.15 bits per heavy atom. The molecule has 1 aliphatic rings. The van der Waals surface area contributed by atoms with Crippen LogP contribution in [0, 0.1) is 5.82 Å². The fraction of sp³-hybridized carbons (Fsp3) is 0.400. The van der Waals surface area contributed by atoms with Gasteiger partial charge < -0.3 is 9.84 Å². The van der Waals surface area contributed by atoms with Gasteiger partial charge in [-0.15, -0.1) is 0 Å². The summed E-state index contributed by atoms with van der Waals surface area (Å²) in [5.41, 5.74) is 1.66. The number of aromatic nitrogens is 1. The van der Waals surface area contributed by atoms with Crippen LogP contribution in [0.2, 0.25) is 0 Å². The highest BCUT2D eigenvalue weighted by Crippen LogP contribution is 2.22. The summed E-state index contributed by atoms with van der Waals surface area (Å²) < 4.78 is 19.1. The van der Waals surface area contributed by atoms with Gasteiger partial charge in [0.25, 0.3) is 0 Å². The molecule has 1 N–H and O–H groups in total. The van der Waals surface area contributed by atoms with Crippen LogP contribution in [0.1, 0.15) is 5.56 Å². The Morgan fingerprint density at radius 1 is 1.40 bits per heavy atom. The number of fused-ring (bicyclic) bond motifs is 1. The van der Waals surface area contributed by atoms with Crippen LogP contribution in [0.25, 0.3) is 10.9 Å². The minimum absolute atomic E-state index is 0.00688. The van der Waals surface area contributed by atoms with Gasteiger partial charge in [-0.3, -0.25) is 9.88 Å². The van der Waals surface area contributed by atoms with Crippen molar-refractivity contribution in [1.82, 2.24) is 9.88 Å². The second-order valence-corrected chi connectivity index (χ2v) is 4.99. The molecule has 1 fully saturated rings. The number of benzene rings is 1. The Balaban J connectivity index is 1.92. The molecule has 4 nitrogen and oxygen atoms in total. The normalized spacial score (nSPS) is 20.4. The summed E-state index contributed by atoms with van der Waals surface area (Å²) in [7, 11) is 0. The average Bonchev–Trinajstić information content (AvgIpc) is 2.51. The molecular formula is C15H17FN2O2. The van der Waals surface area contributed by atoms with Crippen LogP contribution in [0.3, 0.4) is 0 Å². The SMILES string of the molecule is OCC1COCCN1Cc1ccc(F)c2cccnc12. The molecule has 2 aromatic rings. The maximum atomic E-state index is 13.8. The molecule has 0 saturated carbocycles. The van der Waals surface area contributed by atoms with Gasteiger partial charge in [0.05, 0.1) is 31.4 Å². The van der Waals surface area contributed by atoms with Crippen LogP contribution in [0.5, 0.6) is 0 Å². The molecule has 1 aromatic carbocycles. The number of morpholine rings is 1. The van der Waals surface area contributed by atoms with Crippen LogP contribution < -0.4 is 0 Å². The molecule has 0 spiro atoms.